The second kappa shape index (κ2) is 11.0. The molecule has 0 aromatic heterocycles. The molecule has 1 atom stereocenters. The maximum absolute atomic E-state index is 12.8. The lowest BCUT2D eigenvalue weighted by molar-refractivity contribution is -0.137. The molecular formula is C20H24N2O5S2. The molecule has 1 aromatic carbocycles. The van der Waals surface area contributed by atoms with E-state index in [1.54, 1.807) is 26.2 Å². The minimum absolute atomic E-state index is 0.124. The molecule has 0 aliphatic carbocycles. The number of para-hydroxylation sites is 1. The molecule has 0 spiro atoms. The summed E-state index contributed by atoms with van der Waals surface area (Å²) < 4.78 is 5.64. The molecule has 156 valence electrons. The lowest BCUT2D eigenvalue weighted by Crippen LogP contribution is -2.47. The van der Waals surface area contributed by atoms with Gasteiger partial charge in [0.2, 0.25) is 5.91 Å². The Labute approximate surface area is 179 Å². The van der Waals surface area contributed by atoms with E-state index in [0.29, 0.717) is 40.8 Å². The van der Waals surface area contributed by atoms with Gasteiger partial charge in [-0.15, -0.1) is 0 Å². The van der Waals surface area contributed by atoms with Gasteiger partial charge >= 0.3 is 5.97 Å². The van der Waals surface area contributed by atoms with Gasteiger partial charge in [0.15, 0.2) is 0 Å². The number of nitrogens with one attached hydrogen (secondary N) is 1. The van der Waals surface area contributed by atoms with Gasteiger partial charge in [-0.1, -0.05) is 48.6 Å². The van der Waals surface area contributed by atoms with Crippen molar-refractivity contribution in [3.05, 3.63) is 34.7 Å². The average Bonchev–Trinajstić information content (AvgIpc) is 2.97. The first-order chi connectivity index (χ1) is 13.8. The second-order valence-corrected chi connectivity index (χ2v) is 8.14. The van der Waals surface area contributed by atoms with Gasteiger partial charge in [-0.3, -0.25) is 19.3 Å². The van der Waals surface area contributed by atoms with Crippen LogP contribution in [-0.4, -0.2) is 51.8 Å². The van der Waals surface area contributed by atoms with Crippen molar-refractivity contribution in [3.63, 3.8) is 0 Å². The van der Waals surface area contributed by atoms with E-state index in [1.807, 2.05) is 18.2 Å². The molecule has 0 radical (unpaired) electrons. The van der Waals surface area contributed by atoms with Crippen LogP contribution in [0.5, 0.6) is 5.75 Å². The third-order valence-electron chi connectivity index (χ3n) is 4.38. The summed E-state index contributed by atoms with van der Waals surface area (Å²) in [5, 5.41) is 11.4. The molecule has 1 saturated heterocycles. The standard InChI is InChI=1S/C20H24N2O5S2/c1-13(18(25)21-11-7-3-4-10-17(23)24)22-19(26)16(29-20(22)28)12-14-8-5-6-9-15(14)27-2/h5-6,8-9,12-13H,3-4,7,10-11H2,1-2H3,(H,21,25)(H,23,24)/b16-12-. The number of methoxy groups -OCH3 is 1. The van der Waals surface area contributed by atoms with Crippen LogP contribution in [0.3, 0.4) is 0 Å². The molecule has 1 fully saturated rings. The van der Waals surface area contributed by atoms with Crippen LogP contribution >= 0.6 is 24.0 Å². The van der Waals surface area contributed by atoms with Crippen LogP contribution < -0.4 is 10.1 Å². The minimum atomic E-state index is -0.821. The number of carboxylic acids is 1. The van der Waals surface area contributed by atoms with E-state index < -0.39 is 12.0 Å². The van der Waals surface area contributed by atoms with Crippen LogP contribution in [0.2, 0.25) is 0 Å². The van der Waals surface area contributed by atoms with Crippen molar-refractivity contribution in [2.24, 2.45) is 0 Å². The fourth-order valence-electron chi connectivity index (χ4n) is 2.80. The molecular weight excluding hydrogens is 412 g/mol. The Morgan fingerprint density at radius 2 is 2.03 bits per heavy atom. The highest BCUT2D eigenvalue weighted by Gasteiger charge is 2.38. The fourth-order valence-corrected chi connectivity index (χ4v) is 4.20. The van der Waals surface area contributed by atoms with Crippen LogP contribution in [0.1, 0.15) is 38.2 Å². The van der Waals surface area contributed by atoms with E-state index in [-0.39, 0.29) is 18.2 Å². The number of nitrogens with zero attached hydrogens (tertiary/aromatic N) is 1. The number of benzene rings is 1. The maximum atomic E-state index is 12.8. The minimum Gasteiger partial charge on any atom is -0.496 e. The van der Waals surface area contributed by atoms with E-state index in [1.165, 1.54) is 4.90 Å². The number of carboxylic acid groups (broad SMARTS) is 1. The van der Waals surface area contributed by atoms with Crippen molar-refractivity contribution in [1.29, 1.82) is 0 Å². The number of carbonyl (C=O) groups is 3. The predicted molar refractivity (Wildman–Crippen MR) is 117 cm³/mol. The van der Waals surface area contributed by atoms with E-state index in [0.717, 1.165) is 17.3 Å². The number of ether oxygens (including phenoxy) is 1. The number of rotatable bonds is 10. The zero-order valence-electron chi connectivity index (χ0n) is 16.3. The van der Waals surface area contributed by atoms with Crippen LogP contribution in [0.25, 0.3) is 6.08 Å². The van der Waals surface area contributed by atoms with E-state index >= 15 is 0 Å². The number of hydrogen-bond acceptors (Lipinski definition) is 6. The van der Waals surface area contributed by atoms with Crippen molar-refractivity contribution in [3.8, 4) is 5.75 Å². The number of aliphatic carboxylic acids is 1. The van der Waals surface area contributed by atoms with Crippen molar-refractivity contribution < 1.29 is 24.2 Å². The molecule has 1 aliphatic rings. The first-order valence-electron chi connectivity index (χ1n) is 9.24. The summed E-state index contributed by atoms with van der Waals surface area (Å²) in [7, 11) is 1.56. The maximum Gasteiger partial charge on any atom is 0.303 e. The summed E-state index contributed by atoms with van der Waals surface area (Å²) in [6.07, 6.45) is 3.80. The van der Waals surface area contributed by atoms with Gasteiger partial charge in [0.05, 0.1) is 12.0 Å². The molecule has 2 amide bonds. The number of hydrogen-bond donors (Lipinski definition) is 2. The highest BCUT2D eigenvalue weighted by Crippen LogP contribution is 2.35. The highest BCUT2D eigenvalue weighted by molar-refractivity contribution is 8.26. The van der Waals surface area contributed by atoms with Gasteiger partial charge in [-0.25, -0.2) is 0 Å². The summed E-state index contributed by atoms with van der Waals surface area (Å²) in [6, 6.07) is 6.60. The Kier molecular flexibility index (Phi) is 8.66. The van der Waals surface area contributed by atoms with Gasteiger partial charge in [0, 0.05) is 18.5 Å². The van der Waals surface area contributed by atoms with Gasteiger partial charge in [0.25, 0.3) is 5.91 Å². The topological polar surface area (TPSA) is 95.9 Å². The molecule has 1 aliphatic heterocycles. The third kappa shape index (κ3) is 6.30. The van der Waals surface area contributed by atoms with Crippen molar-refractivity contribution in [1.82, 2.24) is 10.2 Å². The average molecular weight is 437 g/mol. The van der Waals surface area contributed by atoms with Crippen LogP contribution in [0.15, 0.2) is 29.2 Å². The molecule has 9 heteroatoms. The Hall–Kier alpha value is -2.39. The number of carbonyl (C=O) groups excluding carboxylic acids is 2. The third-order valence-corrected chi connectivity index (χ3v) is 5.71. The van der Waals surface area contributed by atoms with E-state index in [2.05, 4.69) is 5.32 Å². The van der Waals surface area contributed by atoms with Crippen molar-refractivity contribution in [2.45, 2.75) is 38.6 Å². The zero-order chi connectivity index (χ0) is 21.4. The Bertz CT molecular complexity index is 825. The van der Waals surface area contributed by atoms with E-state index in [4.69, 9.17) is 22.1 Å². The van der Waals surface area contributed by atoms with Gasteiger partial charge in [-0.2, -0.15) is 0 Å². The number of thiocarbonyl (C=S) groups is 1. The fraction of sp³-hybridized carbons (Fsp3) is 0.400. The molecule has 1 heterocycles. The van der Waals surface area contributed by atoms with Crippen LogP contribution in [0, 0.1) is 0 Å². The van der Waals surface area contributed by atoms with Gasteiger partial charge in [0.1, 0.15) is 16.1 Å². The normalized spacial score (nSPS) is 16.2. The summed E-state index contributed by atoms with van der Waals surface area (Å²) >= 11 is 6.48. The molecule has 1 aromatic rings. The van der Waals surface area contributed by atoms with Crippen molar-refractivity contribution >= 4 is 52.2 Å². The van der Waals surface area contributed by atoms with Crippen molar-refractivity contribution in [2.75, 3.05) is 13.7 Å². The van der Waals surface area contributed by atoms with Gasteiger partial charge < -0.3 is 15.2 Å². The molecule has 7 nitrogen and oxygen atoms in total. The molecule has 1 unspecified atom stereocenters. The molecule has 0 bridgehead atoms. The molecule has 2 N–H and O–H groups in total. The number of unbranched alkanes of at least 4 members (excludes halogenated alkanes) is 2. The lowest BCUT2D eigenvalue weighted by atomic mass is 10.1. The first-order valence-corrected chi connectivity index (χ1v) is 10.5. The van der Waals surface area contributed by atoms with Gasteiger partial charge in [-0.05, 0) is 31.9 Å². The molecule has 0 saturated carbocycles. The zero-order valence-corrected chi connectivity index (χ0v) is 18.0. The largest absolute Gasteiger partial charge is 0.496 e. The summed E-state index contributed by atoms with van der Waals surface area (Å²) in [4.78, 5) is 37.5. The molecule has 29 heavy (non-hydrogen) atoms. The lowest BCUT2D eigenvalue weighted by Gasteiger charge is -2.22. The van der Waals surface area contributed by atoms with E-state index in [9.17, 15) is 14.4 Å². The second-order valence-electron chi connectivity index (χ2n) is 6.47. The Balaban J connectivity index is 1.95. The monoisotopic (exact) mass is 436 g/mol. The number of amides is 2. The summed E-state index contributed by atoms with van der Waals surface area (Å²) in [5.41, 5.74) is 0.758. The summed E-state index contributed by atoms with van der Waals surface area (Å²) in [6.45, 7) is 2.06. The number of thioether (sulfide) groups is 1. The highest BCUT2D eigenvalue weighted by atomic mass is 32.2. The predicted octanol–water partition coefficient (Wildman–Crippen LogP) is 3.05. The smallest absolute Gasteiger partial charge is 0.303 e. The van der Waals surface area contributed by atoms with Crippen LogP contribution in [-0.2, 0) is 14.4 Å². The molecule has 2 rings (SSSR count). The Morgan fingerprint density at radius 1 is 1.31 bits per heavy atom. The first kappa shape index (κ1) is 22.9. The van der Waals surface area contributed by atoms with Crippen LogP contribution in [0.4, 0.5) is 0 Å². The SMILES string of the molecule is COc1ccccc1/C=C1\SC(=S)N(C(C)C(=O)NCCCCCC(=O)O)C1=O. The summed E-state index contributed by atoms with van der Waals surface area (Å²) in [5.74, 6) is -0.780. The Morgan fingerprint density at radius 3 is 2.72 bits per heavy atom. The quantitative estimate of drug-likeness (QED) is 0.331.